The fraction of sp³-hybridized carbons (Fsp3) is 0.462. The topological polar surface area (TPSA) is 159 Å². The van der Waals surface area contributed by atoms with Crippen LogP contribution < -0.4 is 10.6 Å². The SMILES string of the molecule is CC(C)(C)OC(=O)NC1=N[C@](C)(c2nc(NC(=O)c3ncc(C#N)cc3Cl)ccc2F)[C@H]2CCN=S2(=O)C1(C)C. The highest BCUT2D eigenvalue weighted by atomic mass is 35.5. The third kappa shape index (κ3) is 5.13. The smallest absolute Gasteiger partial charge is 0.413 e. The first-order valence-corrected chi connectivity index (χ1v) is 14.3. The number of aromatic nitrogens is 2. The van der Waals surface area contributed by atoms with Gasteiger partial charge in [0.05, 0.1) is 25.6 Å². The van der Waals surface area contributed by atoms with Gasteiger partial charge in [-0.15, -0.1) is 0 Å². The Hall–Kier alpha value is -3.63. The van der Waals surface area contributed by atoms with E-state index >= 15 is 4.39 Å². The summed E-state index contributed by atoms with van der Waals surface area (Å²) in [7, 11) is -3.10. The monoisotopic (exact) mass is 589 g/mol. The number of ether oxygens (including phenoxy) is 1. The lowest BCUT2D eigenvalue weighted by Gasteiger charge is -2.44. The molecule has 0 aromatic carbocycles. The zero-order valence-corrected chi connectivity index (χ0v) is 24.4. The molecule has 0 saturated heterocycles. The van der Waals surface area contributed by atoms with E-state index in [9.17, 15) is 13.8 Å². The van der Waals surface area contributed by atoms with Crippen LogP contribution in [0.1, 0.15) is 69.7 Å². The zero-order chi connectivity index (χ0) is 29.7. The van der Waals surface area contributed by atoms with Gasteiger partial charge in [-0.2, -0.15) is 5.26 Å². The number of alkyl carbamates (subject to hydrolysis) is 1. The lowest BCUT2D eigenvalue weighted by atomic mass is 9.89. The average molecular weight is 590 g/mol. The largest absolute Gasteiger partial charge is 0.444 e. The number of anilines is 1. The number of nitrogens with zero attached hydrogens (tertiary/aromatic N) is 5. The molecule has 4 heterocycles. The van der Waals surface area contributed by atoms with Gasteiger partial charge in [0.1, 0.15) is 50.8 Å². The van der Waals surface area contributed by atoms with Crippen LogP contribution in [0.3, 0.4) is 0 Å². The Kier molecular flexibility index (Phi) is 7.40. The number of carbonyl (C=O) groups is 2. The Balaban J connectivity index is 1.77. The third-order valence-corrected chi connectivity index (χ3v) is 10.7. The summed E-state index contributed by atoms with van der Waals surface area (Å²) in [6, 6.07) is 5.54. The second-order valence-electron chi connectivity index (χ2n) is 11.1. The third-order valence-electron chi connectivity index (χ3n) is 6.70. The maximum Gasteiger partial charge on any atom is 0.413 e. The number of amidine groups is 1. The van der Waals surface area contributed by atoms with E-state index in [2.05, 4.69) is 25.0 Å². The van der Waals surface area contributed by atoms with Crippen LogP contribution in [0, 0.1) is 17.1 Å². The molecule has 3 atom stereocenters. The van der Waals surface area contributed by atoms with Crippen LogP contribution in [0.25, 0.3) is 0 Å². The van der Waals surface area contributed by atoms with Crippen molar-refractivity contribution in [3.63, 3.8) is 0 Å². The molecule has 2 amide bonds. The fourth-order valence-corrected chi connectivity index (χ4v) is 8.16. The van der Waals surface area contributed by atoms with Crippen molar-refractivity contribution in [2.75, 3.05) is 11.9 Å². The number of fused-ring (bicyclic) bond motifs is 1. The van der Waals surface area contributed by atoms with E-state index in [1.165, 1.54) is 18.3 Å². The van der Waals surface area contributed by atoms with Crippen LogP contribution in [0.15, 0.2) is 33.8 Å². The van der Waals surface area contributed by atoms with Crippen LogP contribution in [-0.4, -0.2) is 54.2 Å². The van der Waals surface area contributed by atoms with Gasteiger partial charge >= 0.3 is 6.09 Å². The van der Waals surface area contributed by atoms with E-state index in [-0.39, 0.29) is 40.2 Å². The maximum atomic E-state index is 15.4. The molecule has 2 aliphatic rings. The summed E-state index contributed by atoms with van der Waals surface area (Å²) in [4.78, 5) is 38.6. The fourth-order valence-electron chi connectivity index (χ4n) is 4.73. The van der Waals surface area contributed by atoms with Crippen molar-refractivity contribution < 1.29 is 22.9 Å². The molecule has 4 rings (SSSR count). The van der Waals surface area contributed by atoms with Crippen molar-refractivity contribution in [2.24, 2.45) is 9.36 Å². The molecule has 2 aromatic heterocycles. The van der Waals surface area contributed by atoms with E-state index in [4.69, 9.17) is 26.6 Å². The summed E-state index contributed by atoms with van der Waals surface area (Å²) >= 11 is 6.11. The van der Waals surface area contributed by atoms with Crippen molar-refractivity contribution >= 4 is 45.0 Å². The number of aliphatic imine (C=N–C) groups is 1. The van der Waals surface area contributed by atoms with Crippen molar-refractivity contribution in [2.45, 2.75) is 69.1 Å². The molecule has 0 spiro atoms. The van der Waals surface area contributed by atoms with E-state index < -0.39 is 48.7 Å². The van der Waals surface area contributed by atoms with Gasteiger partial charge < -0.3 is 10.1 Å². The number of nitrogens with one attached hydrogen (secondary N) is 2. The predicted octanol–water partition coefficient (Wildman–Crippen LogP) is 4.56. The number of carbonyl (C=O) groups excluding carboxylic acids is 2. The summed E-state index contributed by atoms with van der Waals surface area (Å²) in [5.74, 6) is -1.48. The number of amides is 2. The van der Waals surface area contributed by atoms with Crippen LogP contribution in [-0.2, 0) is 20.0 Å². The van der Waals surface area contributed by atoms with E-state index in [0.29, 0.717) is 6.42 Å². The molecule has 40 heavy (non-hydrogen) atoms. The first-order valence-electron chi connectivity index (χ1n) is 12.4. The van der Waals surface area contributed by atoms with E-state index in [1.54, 1.807) is 41.5 Å². The van der Waals surface area contributed by atoms with Crippen molar-refractivity contribution in [3.8, 4) is 6.07 Å². The van der Waals surface area contributed by atoms with Gasteiger partial charge in [-0.1, -0.05) is 11.6 Å². The van der Waals surface area contributed by atoms with Crippen LogP contribution in [0.4, 0.5) is 15.0 Å². The summed E-state index contributed by atoms with van der Waals surface area (Å²) < 4.78 is 38.5. The summed E-state index contributed by atoms with van der Waals surface area (Å²) in [6.07, 6.45) is 0.746. The van der Waals surface area contributed by atoms with Gasteiger partial charge in [-0.05, 0) is 66.2 Å². The Labute approximate surface area is 236 Å². The number of hydrogen-bond acceptors (Lipinski definition) is 9. The molecule has 2 N–H and O–H groups in total. The molecule has 0 saturated carbocycles. The second kappa shape index (κ2) is 10.1. The first kappa shape index (κ1) is 29.4. The first-order chi connectivity index (χ1) is 18.5. The quantitative estimate of drug-likeness (QED) is 0.530. The van der Waals surface area contributed by atoms with Crippen molar-refractivity contribution in [1.82, 2.24) is 15.3 Å². The molecule has 212 valence electrons. The van der Waals surface area contributed by atoms with Crippen molar-refractivity contribution in [3.05, 3.63) is 52.2 Å². The minimum Gasteiger partial charge on any atom is -0.444 e. The highest BCUT2D eigenvalue weighted by Crippen LogP contribution is 2.47. The molecule has 14 heteroatoms. The maximum absolute atomic E-state index is 15.4. The zero-order valence-electron chi connectivity index (χ0n) is 22.8. The number of pyridine rings is 2. The van der Waals surface area contributed by atoms with Gasteiger partial charge in [0.2, 0.25) is 0 Å². The lowest BCUT2D eigenvalue weighted by Crippen LogP contribution is -2.61. The van der Waals surface area contributed by atoms with E-state index in [1.807, 2.05) is 6.07 Å². The van der Waals surface area contributed by atoms with Gasteiger partial charge in [-0.25, -0.2) is 27.7 Å². The Morgan fingerprint density at radius 1 is 1.25 bits per heavy atom. The van der Waals surface area contributed by atoms with Gasteiger partial charge in [-0.3, -0.25) is 15.1 Å². The minimum atomic E-state index is -3.10. The summed E-state index contributed by atoms with van der Waals surface area (Å²) in [6.45, 7) is 10.3. The van der Waals surface area contributed by atoms with Crippen LogP contribution >= 0.6 is 11.6 Å². The molecule has 11 nitrogen and oxygen atoms in total. The molecule has 0 bridgehead atoms. The molecule has 1 unspecified atom stereocenters. The van der Waals surface area contributed by atoms with Crippen molar-refractivity contribution in [1.29, 1.82) is 5.26 Å². The number of nitriles is 1. The average Bonchev–Trinajstić information content (AvgIpc) is 3.27. The molecular formula is C26H29ClFN7O4S. The predicted molar refractivity (Wildman–Crippen MR) is 148 cm³/mol. The van der Waals surface area contributed by atoms with Gasteiger partial charge in [0, 0.05) is 12.7 Å². The second-order valence-corrected chi connectivity index (χ2v) is 14.5. The summed E-state index contributed by atoms with van der Waals surface area (Å²) in [5, 5.41) is 13.4. The Morgan fingerprint density at radius 2 is 1.95 bits per heavy atom. The molecule has 2 aromatic rings. The number of halogens is 2. The molecule has 0 aliphatic carbocycles. The standard InChI is InChI=1S/C26H29ClFN7O4S/c1-24(2,3)39-23(37)34-22-25(4,5)40(38)17(9-10-31-40)26(6,35-22)20-16(28)7-8-18(32-20)33-21(36)19-15(27)11-14(12-29)13-30-19/h7-8,11,13,17H,9-10H2,1-6H3,(H,32,33,36)(H,34,35,37)/t17-,26+,40?/m1/s1. The molecule has 0 radical (unpaired) electrons. The normalized spacial score (nSPS) is 25.1. The van der Waals surface area contributed by atoms with Gasteiger partial charge in [0.15, 0.2) is 0 Å². The molecular weight excluding hydrogens is 561 g/mol. The lowest BCUT2D eigenvalue weighted by molar-refractivity contribution is 0.0560. The number of hydrogen-bond donors (Lipinski definition) is 2. The van der Waals surface area contributed by atoms with Crippen LogP contribution in [0.5, 0.6) is 0 Å². The minimum absolute atomic E-state index is 0.0281. The molecule has 0 fully saturated rings. The molecule has 2 aliphatic heterocycles. The van der Waals surface area contributed by atoms with Gasteiger partial charge in [0.25, 0.3) is 5.91 Å². The Morgan fingerprint density at radius 3 is 2.58 bits per heavy atom. The number of rotatable bonds is 3. The Bertz CT molecular complexity index is 1600. The highest BCUT2D eigenvalue weighted by molar-refractivity contribution is 7.96. The highest BCUT2D eigenvalue weighted by Gasteiger charge is 2.58. The summed E-state index contributed by atoms with van der Waals surface area (Å²) in [5.41, 5.74) is -2.49. The van der Waals surface area contributed by atoms with Crippen LogP contribution in [0.2, 0.25) is 5.02 Å². The van der Waals surface area contributed by atoms with E-state index in [0.717, 1.165) is 6.07 Å².